The summed E-state index contributed by atoms with van der Waals surface area (Å²) in [4.78, 5) is 0. The number of aliphatic hydroxyl groups is 1. The van der Waals surface area contributed by atoms with E-state index in [0.29, 0.717) is 13.0 Å². The molecule has 0 radical (unpaired) electrons. The van der Waals surface area contributed by atoms with Gasteiger partial charge in [0.1, 0.15) is 0 Å². The quantitative estimate of drug-likeness (QED) is 0.505. The highest BCUT2D eigenvalue weighted by Crippen LogP contribution is 1.76. The molecule has 0 rings (SSSR count). The second kappa shape index (κ2) is 3.81. The van der Waals surface area contributed by atoms with E-state index in [4.69, 9.17) is 5.11 Å². The highest BCUT2D eigenvalue weighted by atomic mass is 32.2. The molecule has 0 spiro atoms. The van der Waals surface area contributed by atoms with Crippen LogP contribution in [0.5, 0.6) is 0 Å². The minimum atomic E-state index is -3.06. The zero-order chi connectivity index (χ0) is 7.33. The lowest BCUT2D eigenvalue weighted by molar-refractivity contribution is 0.289. The summed E-state index contributed by atoms with van der Waals surface area (Å²) in [6, 6.07) is 0. The summed E-state index contributed by atoms with van der Waals surface area (Å²) < 4.78 is 22.9. The molecule has 0 bridgehead atoms. The van der Waals surface area contributed by atoms with Crippen LogP contribution in [-0.2, 0) is 10.0 Å². The third kappa shape index (κ3) is 7.87. The maximum atomic E-state index is 10.3. The Kier molecular flexibility index (Phi) is 3.76. The monoisotopic (exact) mass is 153 g/mol. The first-order valence-corrected chi connectivity index (χ1v) is 4.51. The van der Waals surface area contributed by atoms with Crippen LogP contribution in [0.25, 0.3) is 0 Å². The van der Waals surface area contributed by atoms with Crippen LogP contribution in [0.4, 0.5) is 0 Å². The number of hydrogen-bond acceptors (Lipinski definition) is 3. The minimum Gasteiger partial charge on any atom is -0.396 e. The average Bonchev–Trinajstić information content (AvgIpc) is 1.63. The van der Waals surface area contributed by atoms with E-state index in [-0.39, 0.29) is 6.61 Å². The molecule has 0 unspecified atom stereocenters. The molecule has 0 aliphatic carbocycles. The van der Waals surface area contributed by atoms with Gasteiger partial charge >= 0.3 is 0 Å². The Morgan fingerprint density at radius 3 is 2.44 bits per heavy atom. The molecule has 0 aromatic carbocycles. The van der Waals surface area contributed by atoms with Crippen LogP contribution < -0.4 is 4.72 Å². The van der Waals surface area contributed by atoms with Gasteiger partial charge in [0.25, 0.3) is 0 Å². The van der Waals surface area contributed by atoms with E-state index in [2.05, 4.69) is 4.72 Å². The molecule has 2 N–H and O–H groups in total. The normalized spacial score (nSPS) is 11.8. The van der Waals surface area contributed by atoms with Crippen molar-refractivity contribution in [3.63, 3.8) is 0 Å². The minimum absolute atomic E-state index is 0.0164. The predicted octanol–water partition coefficient (Wildman–Crippen LogP) is -1.08. The molecule has 0 saturated carbocycles. The maximum Gasteiger partial charge on any atom is 0.208 e. The van der Waals surface area contributed by atoms with Crippen molar-refractivity contribution in [1.82, 2.24) is 4.72 Å². The van der Waals surface area contributed by atoms with E-state index in [9.17, 15) is 8.42 Å². The van der Waals surface area contributed by atoms with Gasteiger partial charge in [-0.2, -0.15) is 0 Å². The van der Waals surface area contributed by atoms with Crippen LogP contribution >= 0.6 is 0 Å². The van der Waals surface area contributed by atoms with Gasteiger partial charge in [-0.3, -0.25) is 0 Å². The zero-order valence-electron chi connectivity index (χ0n) is 5.29. The summed E-state index contributed by atoms with van der Waals surface area (Å²) in [5.41, 5.74) is 0. The Bertz CT molecular complexity index is 151. The first-order valence-electron chi connectivity index (χ1n) is 2.62. The highest BCUT2D eigenvalue weighted by Gasteiger charge is 1.96. The van der Waals surface area contributed by atoms with Crippen LogP contribution in [-0.4, -0.2) is 32.9 Å². The van der Waals surface area contributed by atoms with Crippen LogP contribution in [0.3, 0.4) is 0 Å². The van der Waals surface area contributed by atoms with Gasteiger partial charge in [0.15, 0.2) is 0 Å². The van der Waals surface area contributed by atoms with Gasteiger partial charge in [0.2, 0.25) is 10.0 Å². The number of sulfonamides is 1. The molecular weight excluding hydrogens is 142 g/mol. The number of rotatable bonds is 4. The lowest BCUT2D eigenvalue weighted by atomic mass is 10.5. The van der Waals surface area contributed by atoms with Crippen LogP contribution in [0.1, 0.15) is 6.42 Å². The molecule has 4 nitrogen and oxygen atoms in total. The van der Waals surface area contributed by atoms with E-state index in [0.717, 1.165) is 6.26 Å². The van der Waals surface area contributed by atoms with Gasteiger partial charge in [0, 0.05) is 13.2 Å². The fourth-order valence-electron chi connectivity index (χ4n) is 0.337. The lowest BCUT2D eigenvalue weighted by Gasteiger charge is -1.97. The summed E-state index contributed by atoms with van der Waals surface area (Å²) in [7, 11) is -3.06. The molecule has 56 valence electrons. The third-order valence-corrected chi connectivity index (χ3v) is 1.43. The molecule has 9 heavy (non-hydrogen) atoms. The topological polar surface area (TPSA) is 66.4 Å². The fraction of sp³-hybridized carbons (Fsp3) is 1.00. The van der Waals surface area contributed by atoms with Gasteiger partial charge in [-0.05, 0) is 6.42 Å². The molecule has 0 aliphatic rings. The molecular formula is C4H11NO3S. The summed E-state index contributed by atoms with van der Waals surface area (Å²) in [6.45, 7) is 0.331. The van der Waals surface area contributed by atoms with E-state index < -0.39 is 10.0 Å². The SMILES string of the molecule is CS(=O)(=O)NCCCO. The fourth-order valence-corrected chi connectivity index (χ4v) is 0.852. The van der Waals surface area contributed by atoms with Crippen molar-refractivity contribution in [2.75, 3.05) is 19.4 Å². The van der Waals surface area contributed by atoms with Gasteiger partial charge in [-0.15, -0.1) is 0 Å². The predicted molar refractivity (Wildman–Crippen MR) is 34.5 cm³/mol. The van der Waals surface area contributed by atoms with Gasteiger partial charge in [-0.1, -0.05) is 0 Å². The molecule has 0 atom stereocenters. The van der Waals surface area contributed by atoms with Gasteiger partial charge in [0.05, 0.1) is 6.26 Å². The number of aliphatic hydroxyl groups excluding tert-OH is 1. The Labute approximate surface area is 54.9 Å². The molecule has 0 heterocycles. The maximum absolute atomic E-state index is 10.3. The van der Waals surface area contributed by atoms with Crippen molar-refractivity contribution in [3.05, 3.63) is 0 Å². The summed E-state index contributed by atoms with van der Waals surface area (Å²) in [5, 5.41) is 8.23. The van der Waals surface area contributed by atoms with Gasteiger partial charge in [-0.25, -0.2) is 13.1 Å². The molecule has 5 heteroatoms. The molecule has 0 amide bonds. The average molecular weight is 153 g/mol. The Balaban J connectivity index is 3.30. The van der Waals surface area contributed by atoms with E-state index >= 15 is 0 Å². The van der Waals surface area contributed by atoms with Crippen LogP contribution in [0, 0.1) is 0 Å². The molecule has 0 fully saturated rings. The Morgan fingerprint density at radius 1 is 1.56 bits per heavy atom. The van der Waals surface area contributed by atoms with Crippen molar-refractivity contribution < 1.29 is 13.5 Å². The first-order chi connectivity index (χ1) is 4.06. The Morgan fingerprint density at radius 2 is 2.11 bits per heavy atom. The van der Waals surface area contributed by atoms with Crippen molar-refractivity contribution in [1.29, 1.82) is 0 Å². The summed E-state index contributed by atoms with van der Waals surface area (Å²) in [5.74, 6) is 0. The Hall–Kier alpha value is -0.130. The zero-order valence-corrected chi connectivity index (χ0v) is 6.11. The van der Waals surface area contributed by atoms with Crippen molar-refractivity contribution >= 4 is 10.0 Å². The summed E-state index contributed by atoms with van der Waals surface area (Å²) in [6.07, 6.45) is 1.55. The lowest BCUT2D eigenvalue weighted by Crippen LogP contribution is -2.23. The van der Waals surface area contributed by atoms with E-state index in [1.165, 1.54) is 0 Å². The van der Waals surface area contributed by atoms with Crippen LogP contribution in [0.15, 0.2) is 0 Å². The van der Waals surface area contributed by atoms with Crippen molar-refractivity contribution in [2.24, 2.45) is 0 Å². The molecule has 0 aliphatic heterocycles. The third-order valence-electron chi connectivity index (χ3n) is 0.699. The highest BCUT2D eigenvalue weighted by molar-refractivity contribution is 7.88. The number of nitrogens with one attached hydrogen (secondary N) is 1. The smallest absolute Gasteiger partial charge is 0.208 e. The van der Waals surface area contributed by atoms with E-state index in [1.807, 2.05) is 0 Å². The standard InChI is InChI=1S/C4H11NO3S/c1-9(7,8)5-3-2-4-6/h5-6H,2-4H2,1H3. The molecule has 0 aromatic heterocycles. The van der Waals surface area contributed by atoms with Gasteiger partial charge < -0.3 is 5.11 Å². The first kappa shape index (κ1) is 8.87. The van der Waals surface area contributed by atoms with Crippen molar-refractivity contribution in [2.45, 2.75) is 6.42 Å². The molecule has 0 aromatic rings. The molecule has 0 saturated heterocycles. The largest absolute Gasteiger partial charge is 0.396 e. The van der Waals surface area contributed by atoms with E-state index in [1.54, 1.807) is 0 Å². The summed E-state index contributed by atoms with van der Waals surface area (Å²) >= 11 is 0. The van der Waals surface area contributed by atoms with Crippen LogP contribution in [0.2, 0.25) is 0 Å². The second-order valence-corrected chi connectivity index (χ2v) is 3.58. The van der Waals surface area contributed by atoms with Crippen molar-refractivity contribution in [3.8, 4) is 0 Å². The number of hydrogen-bond donors (Lipinski definition) is 2. The second-order valence-electron chi connectivity index (χ2n) is 1.74.